The average molecular weight is 305 g/mol. The zero-order valence-corrected chi connectivity index (χ0v) is 12.3. The number of rotatable bonds is 5. The number of esters is 1. The lowest BCUT2D eigenvalue weighted by atomic mass is 10.2. The highest BCUT2D eigenvalue weighted by Gasteiger charge is 2.12. The molecule has 0 amide bonds. The summed E-state index contributed by atoms with van der Waals surface area (Å²) >= 11 is 5.94. The van der Waals surface area contributed by atoms with Crippen molar-refractivity contribution in [3.8, 4) is 12.1 Å². The van der Waals surface area contributed by atoms with E-state index in [4.69, 9.17) is 26.9 Å². The molecular weight excluding hydrogens is 292 g/mol. The van der Waals surface area contributed by atoms with E-state index in [0.717, 1.165) is 0 Å². The first-order valence-electron chi connectivity index (χ1n) is 6.01. The van der Waals surface area contributed by atoms with Gasteiger partial charge in [0, 0.05) is 13.2 Å². The van der Waals surface area contributed by atoms with E-state index in [-0.39, 0.29) is 17.7 Å². The molecule has 0 aliphatic rings. The first-order valence-corrected chi connectivity index (χ1v) is 6.38. The van der Waals surface area contributed by atoms with Crippen molar-refractivity contribution in [1.29, 1.82) is 10.5 Å². The second-order valence-electron chi connectivity index (χ2n) is 3.82. The first-order chi connectivity index (χ1) is 10.0. The maximum Gasteiger partial charge on any atom is 0.350 e. The van der Waals surface area contributed by atoms with E-state index in [1.54, 1.807) is 38.2 Å². The highest BCUT2D eigenvalue weighted by atomic mass is 35.5. The van der Waals surface area contributed by atoms with E-state index in [2.05, 4.69) is 5.43 Å². The Morgan fingerprint density at radius 1 is 1.52 bits per heavy atom. The Labute approximate surface area is 127 Å². The fourth-order valence-electron chi connectivity index (χ4n) is 1.48. The summed E-state index contributed by atoms with van der Waals surface area (Å²) in [4.78, 5) is 11.5. The minimum Gasteiger partial charge on any atom is -0.462 e. The number of nitrogens with one attached hydrogen (secondary N) is 1. The van der Waals surface area contributed by atoms with Gasteiger partial charge in [0.1, 0.15) is 12.1 Å². The van der Waals surface area contributed by atoms with E-state index in [0.29, 0.717) is 10.7 Å². The maximum atomic E-state index is 11.5. The Morgan fingerprint density at radius 2 is 2.24 bits per heavy atom. The van der Waals surface area contributed by atoms with Gasteiger partial charge in [0.05, 0.1) is 22.9 Å². The topological polar surface area (TPSA) is 89.2 Å². The maximum absolute atomic E-state index is 11.5. The van der Waals surface area contributed by atoms with Crippen LogP contribution in [0.3, 0.4) is 0 Å². The van der Waals surface area contributed by atoms with Gasteiger partial charge in [-0.3, -0.25) is 5.01 Å². The van der Waals surface area contributed by atoms with Gasteiger partial charge in [-0.1, -0.05) is 17.7 Å². The Hall–Kier alpha value is -2.70. The molecule has 0 unspecified atom stereocenters. The van der Waals surface area contributed by atoms with Crippen LogP contribution in [0.4, 0.5) is 5.69 Å². The van der Waals surface area contributed by atoms with Crippen molar-refractivity contribution in [1.82, 2.24) is 5.43 Å². The van der Waals surface area contributed by atoms with Gasteiger partial charge in [-0.2, -0.15) is 10.5 Å². The quantitative estimate of drug-likeness (QED) is 0.388. The predicted octanol–water partition coefficient (Wildman–Crippen LogP) is 2.12. The third kappa shape index (κ3) is 4.13. The van der Waals surface area contributed by atoms with Crippen molar-refractivity contribution in [2.45, 2.75) is 6.92 Å². The van der Waals surface area contributed by atoms with Crippen molar-refractivity contribution < 1.29 is 9.53 Å². The number of hydrogen-bond acceptors (Lipinski definition) is 6. The smallest absolute Gasteiger partial charge is 0.350 e. The van der Waals surface area contributed by atoms with Gasteiger partial charge < -0.3 is 10.2 Å². The number of halogens is 1. The molecule has 1 N–H and O–H groups in total. The lowest BCUT2D eigenvalue weighted by Gasteiger charge is -2.20. The van der Waals surface area contributed by atoms with Crippen LogP contribution in [-0.2, 0) is 9.53 Å². The summed E-state index contributed by atoms with van der Waals surface area (Å²) in [6.07, 6.45) is 1.21. The van der Waals surface area contributed by atoms with Crippen LogP contribution in [0.5, 0.6) is 0 Å². The monoisotopic (exact) mass is 304 g/mol. The van der Waals surface area contributed by atoms with Crippen molar-refractivity contribution >= 4 is 23.3 Å². The number of carbonyl (C=O) groups is 1. The lowest BCUT2D eigenvalue weighted by Crippen LogP contribution is -2.31. The molecule has 0 saturated carbocycles. The molecule has 0 radical (unpaired) electrons. The van der Waals surface area contributed by atoms with Crippen LogP contribution in [0.1, 0.15) is 12.5 Å². The van der Waals surface area contributed by atoms with Gasteiger partial charge >= 0.3 is 5.97 Å². The number of nitriles is 2. The van der Waals surface area contributed by atoms with Gasteiger partial charge in [0.2, 0.25) is 0 Å². The minimum atomic E-state index is -0.715. The zero-order valence-electron chi connectivity index (χ0n) is 11.6. The number of nitrogens with zero attached hydrogens (tertiary/aromatic N) is 3. The summed E-state index contributed by atoms with van der Waals surface area (Å²) in [5.74, 6) is -0.715. The van der Waals surface area contributed by atoms with Crippen molar-refractivity contribution in [2.24, 2.45) is 0 Å². The van der Waals surface area contributed by atoms with Gasteiger partial charge in [-0.15, -0.1) is 0 Å². The zero-order chi connectivity index (χ0) is 15.8. The average Bonchev–Trinajstić information content (AvgIpc) is 2.47. The first kappa shape index (κ1) is 16.4. The second-order valence-corrected chi connectivity index (χ2v) is 4.23. The summed E-state index contributed by atoms with van der Waals surface area (Å²) in [6, 6.07) is 8.72. The Balaban J connectivity index is 2.95. The van der Waals surface area contributed by atoms with Gasteiger partial charge in [-0.05, 0) is 19.1 Å². The lowest BCUT2D eigenvalue weighted by molar-refractivity contribution is -0.138. The van der Waals surface area contributed by atoms with E-state index in [1.165, 1.54) is 11.2 Å². The molecule has 0 bridgehead atoms. The third-order valence-corrected chi connectivity index (χ3v) is 2.80. The number of hydrogen-bond donors (Lipinski definition) is 1. The molecule has 108 valence electrons. The molecule has 0 heterocycles. The number of anilines is 1. The van der Waals surface area contributed by atoms with Crippen LogP contribution in [0, 0.1) is 22.7 Å². The van der Waals surface area contributed by atoms with E-state index in [1.807, 2.05) is 6.07 Å². The van der Waals surface area contributed by atoms with Crippen molar-refractivity contribution in [2.75, 3.05) is 18.7 Å². The SMILES string of the molecule is CCOC(=O)/C(C#N)=C\NN(C)c1cccc(Cl)c1C#N. The fourth-order valence-corrected chi connectivity index (χ4v) is 1.69. The van der Waals surface area contributed by atoms with Crippen molar-refractivity contribution in [3.63, 3.8) is 0 Å². The molecular formula is C14H13ClN4O2. The molecule has 1 aromatic carbocycles. The summed E-state index contributed by atoms with van der Waals surface area (Å²) in [5, 5.41) is 19.8. The Bertz CT molecular complexity index is 643. The van der Waals surface area contributed by atoms with Crippen LogP contribution in [0.2, 0.25) is 5.02 Å². The molecule has 0 saturated heterocycles. The highest BCUT2D eigenvalue weighted by Crippen LogP contribution is 2.24. The number of benzene rings is 1. The van der Waals surface area contributed by atoms with Gasteiger partial charge in [0.15, 0.2) is 5.57 Å². The molecule has 0 fully saturated rings. The molecule has 0 spiro atoms. The second kappa shape index (κ2) is 7.78. The molecule has 21 heavy (non-hydrogen) atoms. The largest absolute Gasteiger partial charge is 0.462 e. The molecule has 7 heteroatoms. The number of carbonyl (C=O) groups excluding carboxylic acids is 1. The molecule has 0 aliphatic heterocycles. The molecule has 0 atom stereocenters. The number of ether oxygens (including phenoxy) is 1. The van der Waals surface area contributed by atoms with E-state index >= 15 is 0 Å². The Kier molecular flexibility index (Phi) is 6.06. The molecule has 0 aromatic heterocycles. The van der Waals surface area contributed by atoms with Crippen LogP contribution in [-0.4, -0.2) is 19.6 Å². The standard InChI is InChI=1S/C14H13ClN4O2/c1-3-21-14(20)10(7-16)9-18-19(2)13-6-4-5-12(15)11(13)8-17/h4-6,9,18H,3H2,1-2H3/b10-9-. The fraction of sp³-hybridized carbons (Fsp3) is 0.214. The Morgan fingerprint density at radius 3 is 2.81 bits per heavy atom. The summed E-state index contributed by atoms with van der Waals surface area (Å²) in [7, 11) is 1.63. The predicted molar refractivity (Wildman–Crippen MR) is 78.0 cm³/mol. The highest BCUT2D eigenvalue weighted by molar-refractivity contribution is 6.32. The molecule has 1 aromatic rings. The minimum absolute atomic E-state index is 0.177. The van der Waals surface area contributed by atoms with Crippen LogP contribution >= 0.6 is 11.6 Å². The van der Waals surface area contributed by atoms with Crippen molar-refractivity contribution in [3.05, 3.63) is 40.6 Å². The molecule has 6 nitrogen and oxygen atoms in total. The summed E-state index contributed by atoms with van der Waals surface area (Å²) in [5.41, 5.74) is 3.36. The molecule has 0 aliphatic carbocycles. The van der Waals surface area contributed by atoms with E-state index in [9.17, 15) is 4.79 Å². The van der Waals surface area contributed by atoms with E-state index < -0.39 is 5.97 Å². The van der Waals surface area contributed by atoms with Gasteiger partial charge in [-0.25, -0.2) is 4.79 Å². The molecule has 1 rings (SSSR count). The number of hydrazine groups is 1. The third-order valence-electron chi connectivity index (χ3n) is 2.48. The normalized spacial score (nSPS) is 10.2. The van der Waals surface area contributed by atoms with Crippen LogP contribution < -0.4 is 10.4 Å². The van der Waals surface area contributed by atoms with Crippen LogP contribution in [0.25, 0.3) is 0 Å². The summed E-state index contributed by atoms with van der Waals surface area (Å²) in [6.45, 7) is 1.83. The van der Waals surface area contributed by atoms with Crippen LogP contribution in [0.15, 0.2) is 30.0 Å². The van der Waals surface area contributed by atoms with Gasteiger partial charge in [0.25, 0.3) is 0 Å². The summed E-state index contributed by atoms with van der Waals surface area (Å²) < 4.78 is 4.74.